The fraction of sp³-hybridized carbons (Fsp3) is 0.737. The van der Waals surface area contributed by atoms with E-state index in [2.05, 4.69) is 16.0 Å². The quantitative estimate of drug-likeness (QED) is 0.212. The first-order valence-corrected chi connectivity index (χ1v) is 9.97. The summed E-state index contributed by atoms with van der Waals surface area (Å²) in [5.41, 5.74) is 11.0. The Morgan fingerprint density at radius 1 is 0.900 bits per heavy atom. The van der Waals surface area contributed by atoms with E-state index in [9.17, 15) is 24.0 Å². The fourth-order valence-electron chi connectivity index (χ4n) is 2.62. The number of carboxylic acid groups (broad SMARTS) is 1. The Morgan fingerprint density at radius 3 is 1.90 bits per heavy atom. The van der Waals surface area contributed by atoms with E-state index in [1.807, 2.05) is 13.8 Å². The van der Waals surface area contributed by atoms with Crippen molar-refractivity contribution in [3.05, 3.63) is 0 Å². The molecular weight excluding hydrogens is 394 g/mol. The Labute approximate surface area is 176 Å². The lowest BCUT2D eigenvalue weighted by Crippen LogP contribution is -2.59. The van der Waals surface area contributed by atoms with Crippen molar-refractivity contribution in [1.82, 2.24) is 16.0 Å². The molecule has 0 saturated carbocycles. The van der Waals surface area contributed by atoms with Gasteiger partial charge in [0.15, 0.2) is 0 Å². The van der Waals surface area contributed by atoms with Gasteiger partial charge in [-0.3, -0.25) is 24.0 Å². The van der Waals surface area contributed by atoms with E-state index in [0.717, 1.165) is 0 Å². The Kier molecular flexibility index (Phi) is 11.6. The molecule has 0 aromatic heterocycles. The van der Waals surface area contributed by atoms with Crippen LogP contribution in [-0.2, 0) is 24.0 Å². The first-order valence-electron chi connectivity index (χ1n) is 9.97. The van der Waals surface area contributed by atoms with E-state index >= 15 is 0 Å². The van der Waals surface area contributed by atoms with Crippen LogP contribution in [0.4, 0.5) is 0 Å². The normalized spacial score (nSPS) is 16.0. The molecule has 0 spiro atoms. The van der Waals surface area contributed by atoms with Gasteiger partial charge in [-0.15, -0.1) is 0 Å². The van der Waals surface area contributed by atoms with Crippen molar-refractivity contribution in [3.8, 4) is 0 Å². The molecule has 30 heavy (non-hydrogen) atoms. The van der Waals surface area contributed by atoms with Gasteiger partial charge in [0.2, 0.25) is 23.6 Å². The van der Waals surface area contributed by atoms with E-state index in [1.54, 1.807) is 13.8 Å². The Hall–Kier alpha value is -2.69. The highest BCUT2D eigenvalue weighted by molar-refractivity contribution is 5.96. The van der Waals surface area contributed by atoms with Crippen molar-refractivity contribution in [2.45, 2.75) is 78.0 Å². The number of aliphatic carboxylic acids is 1. The molecular formula is C19H35N5O6. The molecule has 0 fully saturated rings. The van der Waals surface area contributed by atoms with Crippen LogP contribution in [0, 0.1) is 11.8 Å². The summed E-state index contributed by atoms with van der Waals surface area (Å²) >= 11 is 0. The largest absolute Gasteiger partial charge is 0.480 e. The maximum absolute atomic E-state index is 12.7. The highest BCUT2D eigenvalue weighted by Crippen LogP contribution is 2.10. The molecule has 0 aromatic carbocycles. The number of carbonyl (C=O) groups excluding carboxylic acids is 4. The van der Waals surface area contributed by atoms with Gasteiger partial charge in [-0.1, -0.05) is 34.1 Å². The van der Waals surface area contributed by atoms with Crippen molar-refractivity contribution in [2.75, 3.05) is 0 Å². The van der Waals surface area contributed by atoms with Gasteiger partial charge in [0.25, 0.3) is 0 Å². The molecule has 5 unspecified atom stereocenters. The maximum atomic E-state index is 12.7. The van der Waals surface area contributed by atoms with E-state index < -0.39 is 60.2 Å². The molecule has 11 nitrogen and oxygen atoms in total. The minimum Gasteiger partial charge on any atom is -0.480 e. The molecule has 5 atom stereocenters. The predicted molar refractivity (Wildman–Crippen MR) is 110 cm³/mol. The van der Waals surface area contributed by atoms with Crippen LogP contribution >= 0.6 is 0 Å². The van der Waals surface area contributed by atoms with Gasteiger partial charge in [0, 0.05) is 0 Å². The molecule has 0 radical (unpaired) electrons. The van der Waals surface area contributed by atoms with Crippen LogP contribution in [0.1, 0.15) is 53.9 Å². The van der Waals surface area contributed by atoms with Crippen LogP contribution < -0.4 is 27.4 Å². The molecule has 0 heterocycles. The summed E-state index contributed by atoms with van der Waals surface area (Å²) in [4.78, 5) is 59.9. The van der Waals surface area contributed by atoms with Crippen molar-refractivity contribution in [2.24, 2.45) is 23.3 Å². The van der Waals surface area contributed by atoms with Gasteiger partial charge < -0.3 is 32.5 Å². The molecule has 172 valence electrons. The van der Waals surface area contributed by atoms with Crippen LogP contribution in [0.15, 0.2) is 0 Å². The first-order chi connectivity index (χ1) is 13.8. The number of hydrogen-bond acceptors (Lipinski definition) is 6. The zero-order valence-electron chi connectivity index (χ0n) is 18.2. The van der Waals surface area contributed by atoms with Crippen molar-refractivity contribution < 1.29 is 29.1 Å². The molecule has 4 amide bonds. The van der Waals surface area contributed by atoms with Crippen molar-refractivity contribution >= 4 is 29.6 Å². The number of nitrogens with one attached hydrogen (secondary N) is 3. The van der Waals surface area contributed by atoms with Gasteiger partial charge in [0.1, 0.15) is 18.1 Å². The third-order valence-electron chi connectivity index (χ3n) is 4.62. The Balaban J connectivity index is 5.42. The number of carbonyl (C=O) groups is 5. The van der Waals surface area contributed by atoms with E-state index in [4.69, 9.17) is 16.6 Å². The van der Waals surface area contributed by atoms with Crippen LogP contribution in [-0.4, -0.2) is 58.9 Å². The van der Waals surface area contributed by atoms with E-state index in [-0.39, 0.29) is 11.8 Å². The summed E-state index contributed by atoms with van der Waals surface area (Å²) in [6, 6.07) is -4.42. The third kappa shape index (κ3) is 9.68. The fourth-order valence-corrected chi connectivity index (χ4v) is 2.62. The number of carboxylic acids is 1. The molecule has 11 heteroatoms. The summed E-state index contributed by atoms with van der Waals surface area (Å²) in [5.74, 6) is -4.34. The third-order valence-corrected chi connectivity index (χ3v) is 4.62. The van der Waals surface area contributed by atoms with Gasteiger partial charge in [-0.2, -0.15) is 0 Å². The Bertz CT molecular complexity index is 639. The van der Waals surface area contributed by atoms with Crippen molar-refractivity contribution in [3.63, 3.8) is 0 Å². The average Bonchev–Trinajstić information content (AvgIpc) is 2.63. The van der Waals surface area contributed by atoms with Gasteiger partial charge in [-0.25, -0.2) is 0 Å². The predicted octanol–water partition coefficient (Wildman–Crippen LogP) is -1.16. The van der Waals surface area contributed by atoms with Crippen LogP contribution in [0.5, 0.6) is 0 Å². The molecule has 0 aromatic rings. The lowest BCUT2D eigenvalue weighted by atomic mass is 9.97. The second-order valence-corrected chi connectivity index (χ2v) is 7.91. The molecule has 0 saturated heterocycles. The lowest BCUT2D eigenvalue weighted by Gasteiger charge is -2.27. The second kappa shape index (κ2) is 12.8. The summed E-state index contributed by atoms with van der Waals surface area (Å²) in [7, 11) is 0. The van der Waals surface area contributed by atoms with Crippen LogP contribution in [0.25, 0.3) is 0 Å². The summed E-state index contributed by atoms with van der Waals surface area (Å²) < 4.78 is 0. The molecule has 8 N–H and O–H groups in total. The number of amides is 4. The number of primary amides is 1. The zero-order chi connectivity index (χ0) is 23.6. The molecule has 0 aliphatic heterocycles. The standard InChI is InChI=1S/C19H35N5O6/c1-6-10(4)15(18(28)22-11(5)19(29)30)24-17(27)13(8-14(21)25)23-16(26)12(20)7-9(2)3/h9-13,15H,6-8,20H2,1-5H3,(H2,21,25)(H,22,28)(H,23,26)(H,24,27)(H,29,30). The summed E-state index contributed by atoms with van der Waals surface area (Å²) in [6.45, 7) is 8.56. The number of rotatable bonds is 13. The molecule has 0 rings (SSSR count). The molecule has 0 aliphatic carbocycles. The average molecular weight is 430 g/mol. The summed E-state index contributed by atoms with van der Waals surface area (Å²) in [6.07, 6.45) is 0.403. The molecule has 0 bridgehead atoms. The minimum atomic E-state index is -1.32. The van der Waals surface area contributed by atoms with Crippen molar-refractivity contribution in [1.29, 1.82) is 0 Å². The smallest absolute Gasteiger partial charge is 0.325 e. The van der Waals surface area contributed by atoms with Gasteiger partial charge in [0.05, 0.1) is 12.5 Å². The number of nitrogens with two attached hydrogens (primary N) is 2. The van der Waals surface area contributed by atoms with E-state index in [1.165, 1.54) is 6.92 Å². The monoisotopic (exact) mass is 429 g/mol. The van der Waals surface area contributed by atoms with Gasteiger partial charge in [-0.05, 0) is 25.2 Å². The lowest BCUT2D eigenvalue weighted by molar-refractivity contribution is -0.142. The highest BCUT2D eigenvalue weighted by atomic mass is 16.4. The van der Waals surface area contributed by atoms with Gasteiger partial charge >= 0.3 is 5.97 Å². The zero-order valence-corrected chi connectivity index (χ0v) is 18.2. The molecule has 0 aliphatic rings. The van der Waals surface area contributed by atoms with Crippen LogP contribution in [0.3, 0.4) is 0 Å². The first kappa shape index (κ1) is 27.3. The topological polar surface area (TPSA) is 194 Å². The van der Waals surface area contributed by atoms with Crippen LogP contribution in [0.2, 0.25) is 0 Å². The maximum Gasteiger partial charge on any atom is 0.325 e. The SMILES string of the molecule is CCC(C)C(NC(=O)C(CC(N)=O)NC(=O)C(N)CC(C)C)C(=O)NC(C)C(=O)O. The summed E-state index contributed by atoms with van der Waals surface area (Å²) in [5, 5.41) is 16.2. The highest BCUT2D eigenvalue weighted by Gasteiger charge is 2.32. The minimum absolute atomic E-state index is 0.142. The Morgan fingerprint density at radius 2 is 1.47 bits per heavy atom. The second-order valence-electron chi connectivity index (χ2n) is 7.91. The van der Waals surface area contributed by atoms with E-state index in [0.29, 0.717) is 12.8 Å². The number of hydrogen-bond donors (Lipinski definition) is 6.